The molecule has 0 rings (SSSR count). The number of rotatable bonds is 8. The highest BCUT2D eigenvalue weighted by Crippen LogP contribution is 2.16. The van der Waals surface area contributed by atoms with Gasteiger partial charge in [0.15, 0.2) is 0 Å². The maximum Gasteiger partial charge on any atom is 0.411 e. The van der Waals surface area contributed by atoms with Gasteiger partial charge in [0.2, 0.25) is 0 Å². The molecular weight excluding hydrogens is 239 g/mol. The zero-order chi connectivity index (χ0) is 13.5. The molecule has 102 valence electrons. The summed E-state index contributed by atoms with van der Waals surface area (Å²) in [7, 11) is 1.54. The molecule has 0 aromatic carbocycles. The van der Waals surface area contributed by atoms with Crippen LogP contribution in [0.25, 0.3) is 0 Å². The largest absolute Gasteiger partial charge is 0.480 e. The third kappa shape index (κ3) is 7.17. The second kappa shape index (κ2) is 6.80. The Morgan fingerprint density at radius 1 is 1.35 bits per heavy atom. The van der Waals surface area contributed by atoms with E-state index in [0.29, 0.717) is 19.3 Å². The molecule has 0 fully saturated rings. The van der Waals surface area contributed by atoms with Gasteiger partial charge in [-0.15, -0.1) is 0 Å². The van der Waals surface area contributed by atoms with Gasteiger partial charge in [-0.2, -0.15) is 13.2 Å². The Morgan fingerprint density at radius 2 is 1.94 bits per heavy atom. The molecule has 0 saturated carbocycles. The summed E-state index contributed by atoms with van der Waals surface area (Å²) in [6.45, 7) is 0.264. The van der Waals surface area contributed by atoms with E-state index in [2.05, 4.69) is 10.1 Å². The van der Waals surface area contributed by atoms with Crippen LogP contribution in [0.1, 0.15) is 26.2 Å². The highest BCUT2D eigenvalue weighted by Gasteiger charge is 2.30. The van der Waals surface area contributed by atoms with Gasteiger partial charge in [-0.25, -0.2) is 0 Å². The Labute approximate surface area is 98.1 Å². The van der Waals surface area contributed by atoms with E-state index in [0.717, 1.165) is 0 Å². The van der Waals surface area contributed by atoms with Crippen LogP contribution < -0.4 is 5.32 Å². The van der Waals surface area contributed by atoms with Gasteiger partial charge < -0.3 is 15.2 Å². The highest BCUT2D eigenvalue weighted by atomic mass is 19.4. The molecule has 0 amide bonds. The normalized spacial score (nSPS) is 15.6. The first-order valence-corrected chi connectivity index (χ1v) is 5.28. The van der Waals surface area contributed by atoms with Gasteiger partial charge in [0, 0.05) is 6.61 Å². The Bertz CT molecular complexity index is 245. The van der Waals surface area contributed by atoms with Crippen LogP contribution in [0.15, 0.2) is 0 Å². The third-order valence-electron chi connectivity index (χ3n) is 2.50. The van der Waals surface area contributed by atoms with Gasteiger partial charge in [-0.1, -0.05) is 0 Å². The zero-order valence-corrected chi connectivity index (χ0v) is 9.93. The molecule has 1 unspecified atom stereocenters. The molecule has 0 aromatic heterocycles. The molecule has 0 heterocycles. The molecule has 4 nitrogen and oxygen atoms in total. The molecule has 0 aliphatic heterocycles. The van der Waals surface area contributed by atoms with Crippen molar-refractivity contribution in [3.05, 3.63) is 0 Å². The minimum Gasteiger partial charge on any atom is -0.480 e. The van der Waals surface area contributed by atoms with Gasteiger partial charge in [-0.3, -0.25) is 4.79 Å². The maximum absolute atomic E-state index is 11.7. The van der Waals surface area contributed by atoms with E-state index in [-0.39, 0.29) is 6.61 Å². The molecular formula is C10H18F3NO3. The summed E-state index contributed by atoms with van der Waals surface area (Å²) < 4.78 is 39.5. The number of nitrogens with one attached hydrogen (secondary N) is 1. The van der Waals surface area contributed by atoms with E-state index < -0.39 is 24.3 Å². The molecule has 0 aromatic rings. The smallest absolute Gasteiger partial charge is 0.411 e. The quantitative estimate of drug-likeness (QED) is 0.651. The van der Waals surface area contributed by atoms with Crippen LogP contribution in [0.3, 0.4) is 0 Å². The van der Waals surface area contributed by atoms with E-state index in [1.165, 1.54) is 14.0 Å². The van der Waals surface area contributed by atoms with Crippen molar-refractivity contribution in [2.45, 2.75) is 37.9 Å². The Morgan fingerprint density at radius 3 is 2.35 bits per heavy atom. The number of alkyl halides is 3. The second-order valence-corrected chi connectivity index (χ2v) is 4.01. The summed E-state index contributed by atoms with van der Waals surface area (Å²) in [6.07, 6.45) is -3.07. The lowest BCUT2D eigenvalue weighted by Crippen LogP contribution is -2.47. The van der Waals surface area contributed by atoms with E-state index in [9.17, 15) is 18.0 Å². The number of hydrogen-bond acceptors (Lipinski definition) is 3. The Kier molecular flexibility index (Phi) is 6.48. The number of unbranched alkanes of at least 4 members (excludes halogenated alkanes) is 1. The fraction of sp³-hybridized carbons (Fsp3) is 0.900. The van der Waals surface area contributed by atoms with Crippen molar-refractivity contribution in [2.75, 3.05) is 20.3 Å². The Balaban J connectivity index is 3.67. The summed E-state index contributed by atoms with van der Waals surface area (Å²) in [5.41, 5.74) is -1.04. The van der Waals surface area contributed by atoms with Crippen LogP contribution in [0.5, 0.6) is 0 Å². The van der Waals surface area contributed by atoms with Crippen molar-refractivity contribution in [1.29, 1.82) is 0 Å². The van der Waals surface area contributed by atoms with E-state index in [1.807, 2.05) is 0 Å². The SMILES string of the molecule is CNC(C)(CCCCOCC(F)(F)F)C(=O)O. The number of likely N-dealkylation sites (N-methyl/N-ethyl adjacent to an activating group) is 1. The minimum absolute atomic E-state index is 0.0150. The number of carbonyl (C=O) groups is 1. The first-order chi connectivity index (χ1) is 7.71. The van der Waals surface area contributed by atoms with Crippen LogP contribution in [-0.4, -0.2) is 43.1 Å². The van der Waals surface area contributed by atoms with Crippen molar-refractivity contribution in [3.63, 3.8) is 0 Å². The van der Waals surface area contributed by atoms with Crippen LogP contribution in [0, 0.1) is 0 Å². The predicted molar refractivity (Wildman–Crippen MR) is 55.8 cm³/mol. The van der Waals surface area contributed by atoms with Crippen LogP contribution in [0.4, 0.5) is 13.2 Å². The summed E-state index contributed by atoms with van der Waals surface area (Å²) in [6, 6.07) is 0. The minimum atomic E-state index is -4.31. The monoisotopic (exact) mass is 257 g/mol. The molecule has 0 aliphatic rings. The lowest BCUT2D eigenvalue weighted by Gasteiger charge is -2.23. The van der Waals surface area contributed by atoms with Crippen LogP contribution in [-0.2, 0) is 9.53 Å². The summed E-state index contributed by atoms with van der Waals surface area (Å²) in [5, 5.41) is 11.6. The number of halogens is 3. The molecule has 0 aliphatic carbocycles. The molecule has 2 N–H and O–H groups in total. The lowest BCUT2D eigenvalue weighted by atomic mass is 9.95. The average molecular weight is 257 g/mol. The van der Waals surface area contributed by atoms with Gasteiger partial charge >= 0.3 is 12.1 Å². The summed E-state index contributed by atoms with van der Waals surface area (Å²) in [5.74, 6) is -0.976. The fourth-order valence-corrected chi connectivity index (χ4v) is 1.21. The summed E-state index contributed by atoms with van der Waals surface area (Å²) in [4.78, 5) is 10.9. The van der Waals surface area contributed by atoms with Crippen molar-refractivity contribution >= 4 is 5.97 Å². The number of hydrogen-bond donors (Lipinski definition) is 2. The molecule has 0 saturated heterocycles. The van der Waals surface area contributed by atoms with Crippen molar-refractivity contribution in [3.8, 4) is 0 Å². The predicted octanol–water partition coefficient (Wildman–Crippen LogP) is 1.80. The first kappa shape index (κ1) is 16.2. The molecule has 1 atom stereocenters. The summed E-state index contributed by atoms with van der Waals surface area (Å²) >= 11 is 0. The number of aliphatic carboxylic acids is 1. The maximum atomic E-state index is 11.7. The molecule has 17 heavy (non-hydrogen) atoms. The van der Waals surface area contributed by atoms with Crippen molar-refractivity contribution < 1.29 is 27.8 Å². The number of carboxylic acids is 1. The zero-order valence-electron chi connectivity index (χ0n) is 9.93. The standard InChI is InChI=1S/C10H18F3NO3/c1-9(14-2,8(15)16)5-3-4-6-17-7-10(11,12)13/h14H,3-7H2,1-2H3,(H,15,16). The van der Waals surface area contributed by atoms with Crippen LogP contribution >= 0.6 is 0 Å². The Hall–Kier alpha value is -0.820. The highest BCUT2D eigenvalue weighted by molar-refractivity contribution is 5.78. The average Bonchev–Trinajstić information content (AvgIpc) is 2.21. The van der Waals surface area contributed by atoms with E-state index in [4.69, 9.17) is 5.11 Å². The van der Waals surface area contributed by atoms with Gasteiger partial charge in [0.25, 0.3) is 0 Å². The molecule has 7 heteroatoms. The second-order valence-electron chi connectivity index (χ2n) is 4.01. The van der Waals surface area contributed by atoms with Gasteiger partial charge in [-0.05, 0) is 33.2 Å². The molecule has 0 bridgehead atoms. The molecule has 0 radical (unpaired) electrons. The topological polar surface area (TPSA) is 58.6 Å². The molecule has 0 spiro atoms. The van der Waals surface area contributed by atoms with E-state index >= 15 is 0 Å². The van der Waals surface area contributed by atoms with Gasteiger partial charge in [0.1, 0.15) is 12.1 Å². The third-order valence-corrected chi connectivity index (χ3v) is 2.50. The number of ether oxygens (including phenoxy) is 1. The first-order valence-electron chi connectivity index (χ1n) is 5.28. The van der Waals surface area contributed by atoms with Gasteiger partial charge in [0.05, 0.1) is 0 Å². The number of carboxylic acid groups (broad SMARTS) is 1. The lowest BCUT2D eigenvalue weighted by molar-refractivity contribution is -0.174. The van der Waals surface area contributed by atoms with Crippen LogP contribution in [0.2, 0.25) is 0 Å². The van der Waals surface area contributed by atoms with Crippen molar-refractivity contribution in [1.82, 2.24) is 5.32 Å². The van der Waals surface area contributed by atoms with E-state index in [1.54, 1.807) is 0 Å². The van der Waals surface area contributed by atoms with Crippen molar-refractivity contribution in [2.24, 2.45) is 0 Å². The fourth-order valence-electron chi connectivity index (χ4n) is 1.21.